The molecule has 1 aromatic carbocycles. The SMILES string of the molecule is CCCCS(=O)(=O)N1CCN(c2ccc(NC(=O)c3ccco3)cc2)CC1. The number of nitrogens with one attached hydrogen (secondary N) is 1. The Hall–Kier alpha value is -2.32. The maximum absolute atomic E-state index is 12.3. The van der Waals surface area contributed by atoms with Gasteiger partial charge in [-0.3, -0.25) is 4.79 Å². The molecule has 7 nitrogen and oxygen atoms in total. The van der Waals surface area contributed by atoms with Gasteiger partial charge in [-0.2, -0.15) is 4.31 Å². The molecule has 2 heterocycles. The van der Waals surface area contributed by atoms with Crippen LogP contribution in [0.15, 0.2) is 47.1 Å². The van der Waals surface area contributed by atoms with Gasteiger partial charge in [0.15, 0.2) is 5.76 Å². The lowest BCUT2D eigenvalue weighted by molar-refractivity contribution is 0.0996. The number of amides is 1. The van der Waals surface area contributed by atoms with Crippen molar-refractivity contribution in [2.75, 3.05) is 42.1 Å². The van der Waals surface area contributed by atoms with Crippen LogP contribution in [0.1, 0.15) is 30.3 Å². The molecule has 1 fully saturated rings. The average molecular weight is 391 g/mol. The molecule has 0 radical (unpaired) electrons. The van der Waals surface area contributed by atoms with E-state index in [2.05, 4.69) is 10.2 Å². The minimum absolute atomic E-state index is 0.230. The Bertz CT molecular complexity index is 840. The molecule has 0 unspecified atom stereocenters. The van der Waals surface area contributed by atoms with Crippen LogP contribution in [0.5, 0.6) is 0 Å². The summed E-state index contributed by atoms with van der Waals surface area (Å²) >= 11 is 0. The van der Waals surface area contributed by atoms with Gasteiger partial charge in [-0.05, 0) is 42.8 Å². The molecular formula is C19H25N3O4S. The summed E-state index contributed by atoms with van der Waals surface area (Å²) in [6.07, 6.45) is 3.04. The summed E-state index contributed by atoms with van der Waals surface area (Å²) in [5.41, 5.74) is 1.69. The van der Waals surface area contributed by atoms with Crippen molar-refractivity contribution >= 4 is 27.3 Å². The van der Waals surface area contributed by atoms with Crippen LogP contribution in [-0.2, 0) is 10.0 Å². The van der Waals surface area contributed by atoms with Gasteiger partial charge in [0.05, 0.1) is 12.0 Å². The fraction of sp³-hybridized carbons (Fsp3) is 0.421. The van der Waals surface area contributed by atoms with Crippen molar-refractivity contribution in [2.45, 2.75) is 19.8 Å². The van der Waals surface area contributed by atoms with Gasteiger partial charge in [-0.25, -0.2) is 8.42 Å². The van der Waals surface area contributed by atoms with Crippen LogP contribution in [0.2, 0.25) is 0 Å². The lowest BCUT2D eigenvalue weighted by atomic mass is 10.2. The van der Waals surface area contributed by atoms with Gasteiger partial charge in [-0.15, -0.1) is 0 Å². The van der Waals surface area contributed by atoms with Gasteiger partial charge in [0.25, 0.3) is 5.91 Å². The van der Waals surface area contributed by atoms with Crippen LogP contribution in [0.25, 0.3) is 0 Å². The largest absolute Gasteiger partial charge is 0.459 e. The molecule has 1 N–H and O–H groups in total. The quantitative estimate of drug-likeness (QED) is 0.785. The maximum atomic E-state index is 12.3. The second-order valence-corrected chi connectivity index (χ2v) is 8.62. The van der Waals surface area contributed by atoms with Crippen LogP contribution in [-0.4, -0.2) is 50.6 Å². The Morgan fingerprint density at radius 2 is 1.81 bits per heavy atom. The first kappa shape index (κ1) is 19.4. The minimum atomic E-state index is -3.14. The van der Waals surface area contributed by atoms with Crippen molar-refractivity contribution < 1.29 is 17.6 Å². The zero-order valence-electron chi connectivity index (χ0n) is 15.4. The lowest BCUT2D eigenvalue weighted by Crippen LogP contribution is -2.49. The zero-order chi connectivity index (χ0) is 19.3. The van der Waals surface area contributed by atoms with Crippen molar-refractivity contribution in [3.8, 4) is 0 Å². The Balaban J connectivity index is 1.55. The molecule has 8 heteroatoms. The molecule has 0 bridgehead atoms. The molecule has 0 saturated carbocycles. The fourth-order valence-corrected chi connectivity index (χ4v) is 4.67. The summed E-state index contributed by atoms with van der Waals surface area (Å²) in [7, 11) is -3.14. The molecule has 27 heavy (non-hydrogen) atoms. The second-order valence-electron chi connectivity index (χ2n) is 6.53. The number of nitrogens with zero attached hydrogens (tertiary/aromatic N) is 2. The number of carbonyl (C=O) groups excluding carboxylic acids is 1. The van der Waals surface area contributed by atoms with Gasteiger partial charge in [0, 0.05) is 37.6 Å². The molecule has 1 aliphatic heterocycles. The van der Waals surface area contributed by atoms with E-state index in [1.54, 1.807) is 16.4 Å². The predicted octanol–water partition coefficient (Wildman–Crippen LogP) is 2.78. The first-order chi connectivity index (χ1) is 13.0. The Labute approximate surface area is 160 Å². The van der Waals surface area contributed by atoms with Gasteiger partial charge >= 0.3 is 0 Å². The Morgan fingerprint density at radius 3 is 2.41 bits per heavy atom. The summed E-state index contributed by atoms with van der Waals surface area (Å²) in [5, 5.41) is 2.78. The molecule has 0 aliphatic carbocycles. The van der Waals surface area contributed by atoms with E-state index in [9.17, 15) is 13.2 Å². The lowest BCUT2D eigenvalue weighted by Gasteiger charge is -2.35. The molecule has 1 saturated heterocycles. The molecule has 0 atom stereocenters. The van der Waals surface area contributed by atoms with E-state index in [-0.39, 0.29) is 17.4 Å². The van der Waals surface area contributed by atoms with Crippen LogP contribution in [0.4, 0.5) is 11.4 Å². The number of hydrogen-bond donors (Lipinski definition) is 1. The van der Waals surface area contributed by atoms with Gasteiger partial charge in [-0.1, -0.05) is 13.3 Å². The number of anilines is 2. The van der Waals surface area contributed by atoms with E-state index < -0.39 is 10.0 Å². The number of carbonyl (C=O) groups is 1. The summed E-state index contributed by atoms with van der Waals surface area (Å²) < 4.78 is 31.3. The predicted molar refractivity (Wildman–Crippen MR) is 106 cm³/mol. The normalized spacial score (nSPS) is 15.7. The number of furan rings is 1. The topological polar surface area (TPSA) is 82.9 Å². The first-order valence-corrected chi connectivity index (χ1v) is 10.8. The third-order valence-electron chi connectivity index (χ3n) is 4.62. The molecule has 1 aromatic heterocycles. The highest BCUT2D eigenvalue weighted by molar-refractivity contribution is 7.89. The number of hydrogen-bond acceptors (Lipinski definition) is 5. The number of rotatable bonds is 7. The molecule has 1 aliphatic rings. The Kier molecular flexibility index (Phi) is 6.18. The van der Waals surface area contributed by atoms with E-state index in [4.69, 9.17) is 4.42 Å². The second kappa shape index (κ2) is 8.58. The molecule has 2 aromatic rings. The van der Waals surface area contributed by atoms with Crippen molar-refractivity contribution in [1.82, 2.24) is 4.31 Å². The monoisotopic (exact) mass is 391 g/mol. The average Bonchev–Trinajstić information content (AvgIpc) is 3.22. The molecule has 0 spiro atoms. The van der Waals surface area contributed by atoms with Gasteiger partial charge in [0.1, 0.15) is 0 Å². The van der Waals surface area contributed by atoms with Crippen molar-refractivity contribution in [3.63, 3.8) is 0 Å². The van der Waals surface area contributed by atoms with E-state index in [0.29, 0.717) is 38.3 Å². The summed E-state index contributed by atoms with van der Waals surface area (Å²) in [4.78, 5) is 14.1. The highest BCUT2D eigenvalue weighted by atomic mass is 32.2. The minimum Gasteiger partial charge on any atom is -0.459 e. The Morgan fingerprint density at radius 1 is 1.11 bits per heavy atom. The number of benzene rings is 1. The molecular weight excluding hydrogens is 366 g/mol. The van der Waals surface area contributed by atoms with Crippen molar-refractivity contribution in [1.29, 1.82) is 0 Å². The maximum Gasteiger partial charge on any atom is 0.291 e. The van der Waals surface area contributed by atoms with Crippen LogP contribution < -0.4 is 10.2 Å². The van der Waals surface area contributed by atoms with Crippen molar-refractivity contribution in [2.24, 2.45) is 0 Å². The van der Waals surface area contributed by atoms with Gasteiger partial charge < -0.3 is 14.6 Å². The molecule has 146 valence electrons. The fourth-order valence-electron chi connectivity index (χ4n) is 3.04. The zero-order valence-corrected chi connectivity index (χ0v) is 16.2. The third-order valence-corrected chi connectivity index (χ3v) is 6.58. The first-order valence-electron chi connectivity index (χ1n) is 9.17. The summed E-state index contributed by atoms with van der Waals surface area (Å²) in [6, 6.07) is 10.8. The number of piperazine rings is 1. The van der Waals surface area contributed by atoms with E-state index in [1.165, 1.54) is 6.26 Å². The third kappa shape index (κ3) is 4.90. The van der Waals surface area contributed by atoms with Crippen LogP contribution >= 0.6 is 0 Å². The highest BCUT2D eigenvalue weighted by Crippen LogP contribution is 2.21. The van der Waals surface area contributed by atoms with Crippen LogP contribution in [0, 0.1) is 0 Å². The van der Waals surface area contributed by atoms with Crippen molar-refractivity contribution in [3.05, 3.63) is 48.4 Å². The summed E-state index contributed by atoms with van der Waals surface area (Å²) in [6.45, 7) is 4.31. The van der Waals surface area contributed by atoms with E-state index >= 15 is 0 Å². The van der Waals surface area contributed by atoms with E-state index in [1.807, 2.05) is 31.2 Å². The number of sulfonamides is 1. The standard InChI is InChI=1S/C19H25N3O4S/c1-2-3-15-27(24,25)22-12-10-21(11-13-22)17-8-6-16(7-9-17)20-19(23)18-5-4-14-26-18/h4-9,14H,2-3,10-13,15H2,1H3,(H,20,23). The van der Waals surface area contributed by atoms with E-state index in [0.717, 1.165) is 12.1 Å². The molecule has 1 amide bonds. The smallest absolute Gasteiger partial charge is 0.291 e. The number of unbranched alkanes of at least 4 members (excludes halogenated alkanes) is 1. The molecule has 3 rings (SSSR count). The van der Waals surface area contributed by atoms with Gasteiger partial charge in [0.2, 0.25) is 10.0 Å². The highest BCUT2D eigenvalue weighted by Gasteiger charge is 2.26. The van der Waals surface area contributed by atoms with Crippen LogP contribution in [0.3, 0.4) is 0 Å². The summed E-state index contributed by atoms with van der Waals surface area (Å²) in [5.74, 6) is 0.200.